The molecule has 0 spiro atoms. The van der Waals surface area contributed by atoms with Crippen LogP contribution in [0.5, 0.6) is 11.5 Å². The molecular weight excluding hydrogens is 379 g/mol. The van der Waals surface area contributed by atoms with Crippen molar-refractivity contribution in [2.75, 3.05) is 25.6 Å². The molecule has 0 aliphatic heterocycles. The lowest BCUT2D eigenvalue weighted by Crippen LogP contribution is -2.28. The fourth-order valence-electron chi connectivity index (χ4n) is 2.21. The standard InChI is InChI=1S/C18H18F3N3O4/c1-11(25)24-16-9-12(5-6-22-16)17(26)23-7-8-28-14-4-3-13(18(19,20)21)10-15(14)27-2/h3-6,9-10H,7-8H2,1-2H3,(H,23,26)(H,22,24,25). The SMILES string of the molecule is COc1cc(C(F)(F)F)ccc1OCCNC(=O)c1ccnc(NC(C)=O)c1. The minimum absolute atomic E-state index is 0.0110. The second-order valence-corrected chi connectivity index (χ2v) is 5.58. The van der Waals surface area contributed by atoms with E-state index >= 15 is 0 Å². The first kappa shape index (κ1) is 21.0. The summed E-state index contributed by atoms with van der Waals surface area (Å²) in [5, 5.41) is 5.07. The Morgan fingerprint density at radius 2 is 1.89 bits per heavy atom. The summed E-state index contributed by atoms with van der Waals surface area (Å²) in [5.41, 5.74) is -0.566. The molecule has 7 nitrogen and oxygen atoms in total. The Labute approximate surface area is 158 Å². The van der Waals surface area contributed by atoms with Gasteiger partial charge in [0.1, 0.15) is 12.4 Å². The molecule has 0 aliphatic rings. The molecule has 2 aromatic rings. The van der Waals surface area contributed by atoms with Crippen molar-refractivity contribution in [2.24, 2.45) is 0 Å². The molecule has 0 radical (unpaired) electrons. The van der Waals surface area contributed by atoms with Crippen LogP contribution in [0, 0.1) is 0 Å². The van der Waals surface area contributed by atoms with Gasteiger partial charge in [-0.25, -0.2) is 4.98 Å². The molecule has 0 fully saturated rings. The highest BCUT2D eigenvalue weighted by molar-refractivity contribution is 5.96. The van der Waals surface area contributed by atoms with E-state index in [4.69, 9.17) is 9.47 Å². The molecule has 0 unspecified atom stereocenters. The minimum Gasteiger partial charge on any atom is -0.493 e. The van der Waals surface area contributed by atoms with E-state index < -0.39 is 17.6 Å². The van der Waals surface area contributed by atoms with Crippen LogP contribution < -0.4 is 20.1 Å². The average molecular weight is 397 g/mol. The second-order valence-electron chi connectivity index (χ2n) is 5.58. The van der Waals surface area contributed by atoms with Crippen LogP contribution in [0.1, 0.15) is 22.8 Å². The summed E-state index contributed by atoms with van der Waals surface area (Å²) in [6.07, 6.45) is -3.11. The van der Waals surface area contributed by atoms with Crippen molar-refractivity contribution >= 4 is 17.6 Å². The number of benzene rings is 1. The molecule has 2 rings (SSSR count). The zero-order valence-electron chi connectivity index (χ0n) is 15.1. The van der Waals surface area contributed by atoms with Crippen LogP contribution in [0.25, 0.3) is 0 Å². The van der Waals surface area contributed by atoms with Crippen LogP contribution in [0.2, 0.25) is 0 Å². The van der Waals surface area contributed by atoms with Crippen LogP contribution in [-0.2, 0) is 11.0 Å². The predicted octanol–water partition coefficient (Wildman–Crippen LogP) is 2.88. The van der Waals surface area contributed by atoms with Crippen molar-refractivity contribution in [2.45, 2.75) is 13.1 Å². The number of ether oxygens (including phenoxy) is 2. The van der Waals surface area contributed by atoms with Crippen LogP contribution in [-0.4, -0.2) is 37.1 Å². The lowest BCUT2D eigenvalue weighted by molar-refractivity contribution is -0.137. The molecule has 0 saturated carbocycles. The maximum Gasteiger partial charge on any atom is 0.416 e. The van der Waals surface area contributed by atoms with E-state index in [0.717, 1.165) is 18.2 Å². The number of nitrogens with zero attached hydrogens (tertiary/aromatic N) is 1. The fourth-order valence-corrected chi connectivity index (χ4v) is 2.21. The molecule has 150 valence electrons. The minimum atomic E-state index is -4.49. The summed E-state index contributed by atoms with van der Waals surface area (Å²) < 4.78 is 48.5. The number of alkyl halides is 3. The molecule has 10 heteroatoms. The summed E-state index contributed by atoms with van der Waals surface area (Å²) in [6, 6.07) is 5.77. The Bertz CT molecular complexity index is 856. The number of pyridine rings is 1. The number of methoxy groups -OCH3 is 1. The summed E-state index contributed by atoms with van der Waals surface area (Å²) in [5.74, 6) is -0.427. The number of aromatic nitrogens is 1. The van der Waals surface area contributed by atoms with Crippen molar-refractivity contribution in [1.82, 2.24) is 10.3 Å². The smallest absolute Gasteiger partial charge is 0.416 e. The average Bonchev–Trinajstić information content (AvgIpc) is 2.64. The van der Waals surface area contributed by atoms with Gasteiger partial charge in [0.05, 0.1) is 19.2 Å². The van der Waals surface area contributed by atoms with Crippen molar-refractivity contribution < 1.29 is 32.2 Å². The predicted molar refractivity (Wildman–Crippen MR) is 94.4 cm³/mol. The molecule has 1 aromatic heterocycles. The van der Waals surface area contributed by atoms with Crippen LogP contribution >= 0.6 is 0 Å². The number of hydrogen-bond acceptors (Lipinski definition) is 5. The highest BCUT2D eigenvalue weighted by Gasteiger charge is 2.31. The van der Waals surface area contributed by atoms with E-state index in [1.54, 1.807) is 0 Å². The van der Waals surface area contributed by atoms with Gasteiger partial charge in [-0.3, -0.25) is 9.59 Å². The lowest BCUT2D eigenvalue weighted by atomic mass is 10.2. The monoisotopic (exact) mass is 397 g/mol. The quantitative estimate of drug-likeness (QED) is 0.702. The Hall–Kier alpha value is -3.30. The van der Waals surface area contributed by atoms with Crippen molar-refractivity contribution in [3.05, 3.63) is 47.7 Å². The molecule has 1 aromatic carbocycles. The zero-order chi connectivity index (χ0) is 20.7. The van der Waals surface area contributed by atoms with Gasteiger partial charge in [-0.1, -0.05) is 0 Å². The summed E-state index contributed by atoms with van der Waals surface area (Å²) in [7, 11) is 1.24. The number of anilines is 1. The molecule has 1 heterocycles. The van der Waals surface area contributed by atoms with E-state index in [9.17, 15) is 22.8 Å². The van der Waals surface area contributed by atoms with E-state index in [1.807, 2.05) is 0 Å². The largest absolute Gasteiger partial charge is 0.493 e. The van der Waals surface area contributed by atoms with E-state index in [0.29, 0.717) is 0 Å². The molecule has 2 N–H and O–H groups in total. The maximum atomic E-state index is 12.7. The zero-order valence-corrected chi connectivity index (χ0v) is 15.1. The van der Waals surface area contributed by atoms with Gasteiger partial charge in [0.15, 0.2) is 11.5 Å². The highest BCUT2D eigenvalue weighted by Crippen LogP contribution is 2.36. The molecular formula is C18H18F3N3O4. The molecule has 0 bridgehead atoms. The van der Waals surface area contributed by atoms with Crippen LogP contribution in [0.4, 0.5) is 19.0 Å². The number of halogens is 3. The topological polar surface area (TPSA) is 89.6 Å². The van der Waals surface area contributed by atoms with Gasteiger partial charge in [0.25, 0.3) is 5.91 Å². The first-order valence-electron chi connectivity index (χ1n) is 8.10. The normalized spacial score (nSPS) is 10.9. The van der Waals surface area contributed by atoms with E-state index in [1.165, 1.54) is 32.4 Å². The molecule has 2 amide bonds. The lowest BCUT2D eigenvalue weighted by Gasteiger charge is -2.14. The van der Waals surface area contributed by atoms with Crippen molar-refractivity contribution in [3.63, 3.8) is 0 Å². The number of nitrogens with one attached hydrogen (secondary N) is 2. The van der Waals surface area contributed by atoms with Gasteiger partial charge in [-0.05, 0) is 30.3 Å². The number of carbonyl (C=O) groups is 2. The Morgan fingerprint density at radius 3 is 2.54 bits per heavy atom. The van der Waals surface area contributed by atoms with Gasteiger partial charge in [0, 0.05) is 18.7 Å². The van der Waals surface area contributed by atoms with Gasteiger partial charge < -0.3 is 20.1 Å². The maximum absolute atomic E-state index is 12.7. The first-order chi connectivity index (χ1) is 13.2. The van der Waals surface area contributed by atoms with E-state index in [2.05, 4.69) is 15.6 Å². The van der Waals surface area contributed by atoms with Crippen molar-refractivity contribution in [1.29, 1.82) is 0 Å². The van der Waals surface area contributed by atoms with Gasteiger partial charge in [0.2, 0.25) is 5.91 Å². The first-order valence-corrected chi connectivity index (χ1v) is 8.10. The fraction of sp³-hybridized carbons (Fsp3) is 0.278. The summed E-state index contributed by atoms with van der Waals surface area (Å²) >= 11 is 0. The third kappa shape index (κ3) is 5.86. The summed E-state index contributed by atoms with van der Waals surface area (Å²) in [6.45, 7) is 1.43. The number of hydrogen-bond donors (Lipinski definition) is 2. The van der Waals surface area contributed by atoms with Gasteiger partial charge >= 0.3 is 6.18 Å². The van der Waals surface area contributed by atoms with Crippen LogP contribution in [0.3, 0.4) is 0 Å². The summed E-state index contributed by atoms with van der Waals surface area (Å²) in [4.78, 5) is 27.1. The number of amides is 2. The Balaban J connectivity index is 1.90. The van der Waals surface area contributed by atoms with Gasteiger partial charge in [-0.15, -0.1) is 0 Å². The van der Waals surface area contributed by atoms with Gasteiger partial charge in [-0.2, -0.15) is 13.2 Å². The van der Waals surface area contributed by atoms with Crippen LogP contribution in [0.15, 0.2) is 36.5 Å². The highest BCUT2D eigenvalue weighted by atomic mass is 19.4. The van der Waals surface area contributed by atoms with Crippen molar-refractivity contribution in [3.8, 4) is 11.5 Å². The second kappa shape index (κ2) is 9.07. The number of carbonyl (C=O) groups excluding carboxylic acids is 2. The third-order valence-electron chi connectivity index (χ3n) is 3.46. The number of rotatable bonds is 7. The van der Waals surface area contributed by atoms with E-state index in [-0.39, 0.29) is 41.9 Å². The Morgan fingerprint density at radius 1 is 1.14 bits per heavy atom. The third-order valence-corrected chi connectivity index (χ3v) is 3.46. The molecule has 28 heavy (non-hydrogen) atoms. The molecule has 0 saturated heterocycles. The molecule has 0 aliphatic carbocycles. The molecule has 0 atom stereocenters. The Kier molecular flexibility index (Phi) is 6.80.